The lowest BCUT2D eigenvalue weighted by Crippen LogP contribution is -2.23. The average molecular weight is 450 g/mol. The smallest absolute Gasteiger partial charge is 0.230 e. The van der Waals surface area contributed by atoms with Gasteiger partial charge in [-0.1, -0.05) is 35.2 Å². The molecular formula is C19H23N5O2S3. The molecule has 10 heteroatoms. The summed E-state index contributed by atoms with van der Waals surface area (Å²) in [7, 11) is 1.67. The summed E-state index contributed by atoms with van der Waals surface area (Å²) in [5.41, 5.74) is 4.01. The Labute approximate surface area is 182 Å². The van der Waals surface area contributed by atoms with Gasteiger partial charge in [-0.2, -0.15) is 0 Å². The standard InChI is InChI=1S/C19H23N5O2S3/c1-12-6-5-7-16(13(12)2)24(14(3)25)18-21-15(10-27-18)11-28-19-23-22-17(29-19)20-8-9-26-4/h5-7,10H,8-9,11H2,1-4H3,(H,20,22). The molecule has 7 nitrogen and oxygen atoms in total. The maximum atomic E-state index is 12.4. The second-order valence-electron chi connectivity index (χ2n) is 6.28. The number of aryl methyl sites for hydroxylation is 1. The zero-order valence-corrected chi connectivity index (χ0v) is 19.2. The minimum atomic E-state index is -0.0526. The molecule has 0 radical (unpaired) electrons. The zero-order valence-electron chi connectivity index (χ0n) is 16.8. The van der Waals surface area contributed by atoms with Crippen molar-refractivity contribution in [1.82, 2.24) is 15.2 Å². The van der Waals surface area contributed by atoms with E-state index in [9.17, 15) is 4.79 Å². The number of carbonyl (C=O) groups is 1. The fourth-order valence-electron chi connectivity index (χ4n) is 2.59. The Morgan fingerprint density at radius 1 is 1.31 bits per heavy atom. The molecule has 1 N–H and O–H groups in total. The van der Waals surface area contributed by atoms with Crippen LogP contribution in [0.2, 0.25) is 0 Å². The van der Waals surface area contributed by atoms with Gasteiger partial charge in [-0.05, 0) is 31.0 Å². The lowest BCUT2D eigenvalue weighted by molar-refractivity contribution is -0.115. The van der Waals surface area contributed by atoms with Crippen molar-refractivity contribution >= 4 is 56.3 Å². The number of aromatic nitrogens is 3. The van der Waals surface area contributed by atoms with Crippen LogP contribution in [0.3, 0.4) is 0 Å². The summed E-state index contributed by atoms with van der Waals surface area (Å²) >= 11 is 4.56. The average Bonchev–Trinajstić information content (AvgIpc) is 3.33. The van der Waals surface area contributed by atoms with Crippen molar-refractivity contribution in [3.05, 3.63) is 40.4 Å². The van der Waals surface area contributed by atoms with E-state index >= 15 is 0 Å². The number of amides is 1. The van der Waals surface area contributed by atoms with Gasteiger partial charge in [-0.3, -0.25) is 9.69 Å². The molecule has 0 aliphatic heterocycles. The molecule has 0 unspecified atom stereocenters. The zero-order chi connectivity index (χ0) is 20.8. The number of thioether (sulfide) groups is 1. The SMILES string of the molecule is COCCNc1nnc(SCc2csc(N(C(C)=O)c3cccc(C)c3C)n2)s1. The number of nitrogens with one attached hydrogen (secondary N) is 1. The first kappa shape index (κ1) is 21.7. The fourth-order valence-corrected chi connectivity index (χ4v) is 5.24. The first-order valence-corrected chi connectivity index (χ1v) is 11.7. The summed E-state index contributed by atoms with van der Waals surface area (Å²) in [6, 6.07) is 5.96. The van der Waals surface area contributed by atoms with Crippen LogP contribution >= 0.6 is 34.4 Å². The predicted octanol–water partition coefficient (Wildman–Crippen LogP) is 4.65. The van der Waals surface area contributed by atoms with Crippen molar-refractivity contribution in [3.8, 4) is 0 Å². The Kier molecular flexibility index (Phi) is 7.59. The van der Waals surface area contributed by atoms with Crippen LogP contribution < -0.4 is 10.2 Å². The minimum absolute atomic E-state index is 0.0526. The molecule has 154 valence electrons. The Bertz CT molecular complexity index is 972. The van der Waals surface area contributed by atoms with Crippen LogP contribution in [-0.2, 0) is 15.3 Å². The number of methoxy groups -OCH3 is 1. The highest BCUT2D eigenvalue weighted by Crippen LogP contribution is 2.34. The highest BCUT2D eigenvalue weighted by atomic mass is 32.2. The third-order valence-corrected chi connectivity index (χ3v) is 7.12. The van der Waals surface area contributed by atoms with Crippen molar-refractivity contribution in [3.63, 3.8) is 0 Å². The van der Waals surface area contributed by atoms with Crippen LogP contribution in [0, 0.1) is 13.8 Å². The second-order valence-corrected chi connectivity index (χ2v) is 9.31. The molecule has 29 heavy (non-hydrogen) atoms. The van der Waals surface area contributed by atoms with E-state index in [1.807, 2.05) is 37.4 Å². The molecule has 2 heterocycles. The minimum Gasteiger partial charge on any atom is -0.383 e. The molecule has 0 saturated heterocycles. The summed E-state index contributed by atoms with van der Waals surface area (Å²) in [6.07, 6.45) is 0. The van der Waals surface area contributed by atoms with Gasteiger partial charge in [0.1, 0.15) is 0 Å². The normalized spacial score (nSPS) is 10.9. The van der Waals surface area contributed by atoms with Crippen LogP contribution in [-0.4, -0.2) is 41.3 Å². The first-order valence-electron chi connectivity index (χ1n) is 9.00. The van der Waals surface area contributed by atoms with Crippen molar-refractivity contribution in [2.45, 2.75) is 30.9 Å². The Morgan fingerprint density at radius 3 is 2.90 bits per heavy atom. The number of carbonyl (C=O) groups excluding carboxylic acids is 1. The van der Waals surface area contributed by atoms with Gasteiger partial charge in [0, 0.05) is 31.7 Å². The molecule has 1 amide bonds. The quantitative estimate of drug-likeness (QED) is 0.376. The van der Waals surface area contributed by atoms with E-state index in [0.717, 1.165) is 32.0 Å². The van der Waals surface area contributed by atoms with Gasteiger partial charge in [0.15, 0.2) is 9.47 Å². The van der Waals surface area contributed by atoms with Gasteiger partial charge >= 0.3 is 0 Å². The molecule has 0 fully saturated rings. The molecule has 0 bridgehead atoms. The van der Waals surface area contributed by atoms with E-state index in [4.69, 9.17) is 4.74 Å². The Balaban J connectivity index is 1.68. The van der Waals surface area contributed by atoms with E-state index in [0.29, 0.717) is 24.0 Å². The largest absolute Gasteiger partial charge is 0.383 e. The van der Waals surface area contributed by atoms with Crippen LogP contribution in [0.25, 0.3) is 0 Å². The number of nitrogens with zero attached hydrogens (tertiary/aromatic N) is 4. The van der Waals surface area contributed by atoms with Gasteiger partial charge in [-0.15, -0.1) is 21.5 Å². The highest BCUT2D eigenvalue weighted by Gasteiger charge is 2.20. The lowest BCUT2D eigenvalue weighted by Gasteiger charge is -2.21. The summed E-state index contributed by atoms with van der Waals surface area (Å²) in [6.45, 7) is 6.96. The molecule has 0 saturated carbocycles. The molecule has 0 aliphatic rings. The number of ether oxygens (including phenoxy) is 1. The maximum absolute atomic E-state index is 12.4. The first-order chi connectivity index (χ1) is 14.0. The van der Waals surface area contributed by atoms with Crippen molar-refractivity contribution in [1.29, 1.82) is 0 Å². The van der Waals surface area contributed by atoms with Crippen LogP contribution in [0.1, 0.15) is 23.7 Å². The van der Waals surface area contributed by atoms with Gasteiger partial charge in [-0.25, -0.2) is 4.98 Å². The topological polar surface area (TPSA) is 80.2 Å². The van der Waals surface area contributed by atoms with E-state index < -0.39 is 0 Å². The van der Waals surface area contributed by atoms with Crippen molar-refractivity contribution in [2.24, 2.45) is 0 Å². The van der Waals surface area contributed by atoms with E-state index in [2.05, 4.69) is 20.5 Å². The molecule has 1 aromatic carbocycles. The van der Waals surface area contributed by atoms with Crippen LogP contribution in [0.4, 0.5) is 16.0 Å². The summed E-state index contributed by atoms with van der Waals surface area (Å²) in [5, 5.41) is 14.9. The summed E-state index contributed by atoms with van der Waals surface area (Å²) in [4.78, 5) is 18.7. The molecule has 2 aromatic heterocycles. The third kappa shape index (κ3) is 5.53. The van der Waals surface area contributed by atoms with Crippen LogP contribution in [0.5, 0.6) is 0 Å². The number of rotatable bonds is 9. The lowest BCUT2D eigenvalue weighted by atomic mass is 10.1. The monoisotopic (exact) mass is 449 g/mol. The van der Waals surface area contributed by atoms with E-state index in [1.165, 1.54) is 22.7 Å². The number of anilines is 3. The molecule has 0 spiro atoms. The fraction of sp³-hybridized carbons (Fsp3) is 0.368. The van der Waals surface area contributed by atoms with Gasteiger partial charge in [0.25, 0.3) is 0 Å². The molecule has 0 aliphatic carbocycles. The molecular weight excluding hydrogens is 426 g/mol. The Morgan fingerprint density at radius 2 is 2.14 bits per heavy atom. The van der Waals surface area contributed by atoms with Gasteiger partial charge < -0.3 is 10.1 Å². The molecule has 3 rings (SSSR count). The van der Waals surface area contributed by atoms with E-state index in [-0.39, 0.29) is 5.91 Å². The summed E-state index contributed by atoms with van der Waals surface area (Å²) in [5.74, 6) is 0.616. The van der Waals surface area contributed by atoms with E-state index in [1.54, 1.807) is 30.7 Å². The molecule has 3 aromatic rings. The molecule has 0 atom stereocenters. The second kappa shape index (κ2) is 10.1. The number of thiazole rings is 1. The highest BCUT2D eigenvalue weighted by molar-refractivity contribution is 8.00. The number of hydrogen-bond acceptors (Lipinski definition) is 9. The van der Waals surface area contributed by atoms with Gasteiger partial charge in [0.05, 0.1) is 18.0 Å². The predicted molar refractivity (Wildman–Crippen MR) is 121 cm³/mol. The Hall–Kier alpha value is -2.01. The number of hydrogen-bond donors (Lipinski definition) is 1. The van der Waals surface area contributed by atoms with Crippen molar-refractivity contribution < 1.29 is 9.53 Å². The van der Waals surface area contributed by atoms with Crippen molar-refractivity contribution in [2.75, 3.05) is 30.5 Å². The summed E-state index contributed by atoms with van der Waals surface area (Å²) < 4.78 is 5.89. The number of benzene rings is 1. The third-order valence-electron chi connectivity index (χ3n) is 4.20. The maximum Gasteiger partial charge on any atom is 0.230 e. The van der Waals surface area contributed by atoms with Crippen LogP contribution in [0.15, 0.2) is 27.9 Å². The van der Waals surface area contributed by atoms with Gasteiger partial charge in [0.2, 0.25) is 11.0 Å².